The molecule has 1 unspecified atom stereocenters. The molecular weight excluding hydrogens is 308 g/mol. The summed E-state index contributed by atoms with van der Waals surface area (Å²) in [4.78, 5) is 12.2. The van der Waals surface area contributed by atoms with Gasteiger partial charge < -0.3 is 14.9 Å². The largest absolute Gasteiger partial charge is 0.383 e. The van der Waals surface area contributed by atoms with Crippen molar-refractivity contribution in [3.63, 3.8) is 0 Å². The van der Waals surface area contributed by atoms with Crippen molar-refractivity contribution in [3.8, 4) is 11.3 Å². The van der Waals surface area contributed by atoms with E-state index in [1.165, 1.54) is 0 Å². The van der Waals surface area contributed by atoms with Gasteiger partial charge in [-0.05, 0) is 6.92 Å². The van der Waals surface area contributed by atoms with E-state index in [1.807, 2.05) is 30.3 Å². The van der Waals surface area contributed by atoms with Crippen LogP contribution in [-0.2, 0) is 12.6 Å². The standard InChI is InChI=1S/C17H18N4O3/c1-17(23,13-9-19-21(2)10-13)11-18-16(22)15-8-14(20-24-15)12-6-4-3-5-7-12/h3-10,23H,11H2,1-2H3,(H,18,22). The summed E-state index contributed by atoms with van der Waals surface area (Å²) in [6.45, 7) is 1.64. The minimum atomic E-state index is -1.23. The summed E-state index contributed by atoms with van der Waals surface area (Å²) in [7, 11) is 1.76. The van der Waals surface area contributed by atoms with Crippen LogP contribution in [0.2, 0.25) is 0 Å². The predicted molar refractivity (Wildman–Crippen MR) is 87.1 cm³/mol. The Hall–Kier alpha value is -2.93. The molecule has 0 aliphatic rings. The third-order valence-electron chi connectivity index (χ3n) is 3.72. The van der Waals surface area contributed by atoms with E-state index in [9.17, 15) is 9.90 Å². The van der Waals surface area contributed by atoms with Crippen LogP contribution in [0.4, 0.5) is 0 Å². The van der Waals surface area contributed by atoms with E-state index in [1.54, 1.807) is 37.1 Å². The number of carbonyl (C=O) groups is 1. The summed E-state index contributed by atoms with van der Waals surface area (Å²) in [6, 6.07) is 11.0. The van der Waals surface area contributed by atoms with Crippen LogP contribution in [-0.4, -0.2) is 32.5 Å². The Balaban J connectivity index is 1.66. The first-order valence-electron chi connectivity index (χ1n) is 7.47. The lowest BCUT2D eigenvalue weighted by atomic mass is 10.00. The molecule has 0 saturated carbocycles. The molecule has 3 aromatic rings. The molecular formula is C17H18N4O3. The van der Waals surface area contributed by atoms with Gasteiger partial charge in [-0.3, -0.25) is 9.48 Å². The average molecular weight is 326 g/mol. The Morgan fingerprint density at radius 2 is 2.12 bits per heavy atom. The highest BCUT2D eigenvalue weighted by molar-refractivity contribution is 5.92. The third kappa shape index (κ3) is 3.36. The summed E-state index contributed by atoms with van der Waals surface area (Å²) in [6.07, 6.45) is 3.27. The summed E-state index contributed by atoms with van der Waals surface area (Å²) in [5.74, 6) is -0.343. The zero-order valence-electron chi connectivity index (χ0n) is 13.4. The molecule has 0 fully saturated rings. The SMILES string of the molecule is Cn1cc(C(C)(O)CNC(=O)c2cc(-c3ccccc3)no2)cn1. The molecule has 0 aliphatic carbocycles. The van der Waals surface area contributed by atoms with Gasteiger partial charge in [-0.25, -0.2) is 0 Å². The van der Waals surface area contributed by atoms with Gasteiger partial charge >= 0.3 is 0 Å². The van der Waals surface area contributed by atoms with E-state index in [-0.39, 0.29) is 12.3 Å². The predicted octanol–water partition coefficient (Wildman–Crippen LogP) is 1.71. The van der Waals surface area contributed by atoms with Gasteiger partial charge in [0.2, 0.25) is 5.76 Å². The second-order valence-corrected chi connectivity index (χ2v) is 5.80. The normalized spacial score (nSPS) is 13.5. The topological polar surface area (TPSA) is 93.2 Å². The van der Waals surface area contributed by atoms with Crippen LogP contribution >= 0.6 is 0 Å². The van der Waals surface area contributed by atoms with Crippen LogP contribution in [0.5, 0.6) is 0 Å². The van der Waals surface area contributed by atoms with Crippen LogP contribution in [0, 0.1) is 0 Å². The van der Waals surface area contributed by atoms with Crippen molar-refractivity contribution in [1.29, 1.82) is 0 Å². The molecule has 2 heterocycles. The van der Waals surface area contributed by atoms with Crippen molar-refractivity contribution in [2.24, 2.45) is 7.05 Å². The summed E-state index contributed by atoms with van der Waals surface area (Å²) in [5, 5.41) is 21.0. The van der Waals surface area contributed by atoms with Gasteiger partial charge in [0.1, 0.15) is 11.3 Å². The fourth-order valence-electron chi connectivity index (χ4n) is 2.27. The summed E-state index contributed by atoms with van der Waals surface area (Å²) >= 11 is 0. The zero-order chi connectivity index (χ0) is 17.2. The first-order chi connectivity index (χ1) is 11.5. The highest BCUT2D eigenvalue weighted by Crippen LogP contribution is 2.20. The van der Waals surface area contributed by atoms with Crippen molar-refractivity contribution in [1.82, 2.24) is 20.3 Å². The number of nitrogens with zero attached hydrogens (tertiary/aromatic N) is 3. The smallest absolute Gasteiger partial charge is 0.290 e. The number of hydrogen-bond acceptors (Lipinski definition) is 5. The van der Waals surface area contributed by atoms with E-state index < -0.39 is 11.5 Å². The Morgan fingerprint density at radius 3 is 2.79 bits per heavy atom. The molecule has 1 atom stereocenters. The average Bonchev–Trinajstić information content (AvgIpc) is 3.23. The third-order valence-corrected chi connectivity index (χ3v) is 3.72. The summed E-state index contributed by atoms with van der Waals surface area (Å²) < 4.78 is 6.69. The molecule has 0 bridgehead atoms. The van der Waals surface area contributed by atoms with Crippen LogP contribution in [0.1, 0.15) is 23.0 Å². The second-order valence-electron chi connectivity index (χ2n) is 5.80. The van der Waals surface area contributed by atoms with E-state index in [2.05, 4.69) is 15.6 Å². The number of rotatable bonds is 5. The first kappa shape index (κ1) is 15.9. The van der Waals surface area contributed by atoms with Gasteiger partial charge in [-0.15, -0.1) is 0 Å². The fourth-order valence-corrected chi connectivity index (χ4v) is 2.27. The van der Waals surface area contributed by atoms with Gasteiger partial charge in [0.15, 0.2) is 0 Å². The minimum absolute atomic E-state index is 0.0267. The number of aryl methyl sites for hydroxylation is 1. The second kappa shape index (κ2) is 6.29. The van der Waals surface area contributed by atoms with Crippen LogP contribution < -0.4 is 5.32 Å². The zero-order valence-corrected chi connectivity index (χ0v) is 13.4. The molecule has 24 heavy (non-hydrogen) atoms. The van der Waals surface area contributed by atoms with Gasteiger partial charge in [-0.1, -0.05) is 35.5 Å². The Kier molecular flexibility index (Phi) is 4.18. The number of carbonyl (C=O) groups excluding carboxylic acids is 1. The fraction of sp³-hybridized carbons (Fsp3) is 0.235. The highest BCUT2D eigenvalue weighted by Gasteiger charge is 2.26. The van der Waals surface area contributed by atoms with Crippen molar-refractivity contribution in [3.05, 3.63) is 60.1 Å². The van der Waals surface area contributed by atoms with Crippen LogP contribution in [0.3, 0.4) is 0 Å². The Bertz CT molecular complexity index is 836. The molecule has 7 heteroatoms. The van der Waals surface area contributed by atoms with Crippen LogP contribution in [0.15, 0.2) is 53.3 Å². The lowest BCUT2D eigenvalue weighted by molar-refractivity contribution is 0.0516. The number of nitrogens with one attached hydrogen (secondary N) is 1. The molecule has 0 radical (unpaired) electrons. The maximum Gasteiger partial charge on any atom is 0.290 e. The van der Waals surface area contributed by atoms with E-state index >= 15 is 0 Å². The lowest BCUT2D eigenvalue weighted by Gasteiger charge is -2.21. The summed E-state index contributed by atoms with van der Waals surface area (Å²) in [5.41, 5.74) is 0.835. The lowest BCUT2D eigenvalue weighted by Crippen LogP contribution is -2.38. The number of aliphatic hydroxyl groups is 1. The molecule has 0 spiro atoms. The number of aromatic nitrogens is 3. The monoisotopic (exact) mass is 326 g/mol. The van der Waals surface area contributed by atoms with Gasteiger partial charge in [-0.2, -0.15) is 5.10 Å². The number of benzene rings is 1. The van der Waals surface area contributed by atoms with Crippen molar-refractivity contribution in [2.45, 2.75) is 12.5 Å². The maximum atomic E-state index is 12.2. The number of hydrogen-bond donors (Lipinski definition) is 2. The molecule has 1 amide bonds. The quantitative estimate of drug-likeness (QED) is 0.744. The molecule has 3 rings (SSSR count). The molecule has 0 aliphatic heterocycles. The van der Waals surface area contributed by atoms with Crippen molar-refractivity contribution >= 4 is 5.91 Å². The van der Waals surface area contributed by atoms with Gasteiger partial charge in [0.05, 0.1) is 12.7 Å². The molecule has 0 saturated heterocycles. The van der Waals surface area contributed by atoms with Crippen molar-refractivity contribution in [2.75, 3.05) is 6.54 Å². The Labute approximate surface area is 138 Å². The van der Waals surface area contributed by atoms with Gasteiger partial charge in [0.25, 0.3) is 5.91 Å². The maximum absolute atomic E-state index is 12.2. The first-order valence-corrected chi connectivity index (χ1v) is 7.47. The highest BCUT2D eigenvalue weighted by atomic mass is 16.5. The van der Waals surface area contributed by atoms with Crippen molar-refractivity contribution < 1.29 is 14.4 Å². The van der Waals surface area contributed by atoms with E-state index in [0.29, 0.717) is 11.3 Å². The molecule has 124 valence electrons. The number of amides is 1. The van der Waals surface area contributed by atoms with Crippen LogP contribution in [0.25, 0.3) is 11.3 Å². The molecule has 2 aromatic heterocycles. The molecule has 2 N–H and O–H groups in total. The molecule has 7 nitrogen and oxygen atoms in total. The molecule has 1 aromatic carbocycles. The minimum Gasteiger partial charge on any atom is -0.383 e. The Morgan fingerprint density at radius 1 is 1.38 bits per heavy atom. The van der Waals surface area contributed by atoms with E-state index in [4.69, 9.17) is 4.52 Å². The van der Waals surface area contributed by atoms with E-state index in [0.717, 1.165) is 5.56 Å². The van der Waals surface area contributed by atoms with Gasteiger partial charge in [0, 0.05) is 30.4 Å².